The Morgan fingerprint density at radius 1 is 1.00 bits per heavy atom. The van der Waals surface area contributed by atoms with Crippen LogP contribution in [-0.2, 0) is 0 Å². The summed E-state index contributed by atoms with van der Waals surface area (Å²) < 4.78 is 30.6. The number of rotatable bonds is 3. The molecule has 0 atom stereocenters. The summed E-state index contributed by atoms with van der Waals surface area (Å²) in [5.74, 6) is 0.0407. The van der Waals surface area contributed by atoms with Gasteiger partial charge in [-0.1, -0.05) is 12.1 Å². The van der Waals surface area contributed by atoms with Crippen LogP contribution in [-0.4, -0.2) is 6.04 Å². The summed E-state index contributed by atoms with van der Waals surface area (Å²) in [4.78, 5) is 10.7. The van der Waals surface area contributed by atoms with Crippen LogP contribution in [0.2, 0.25) is 0 Å². The van der Waals surface area contributed by atoms with Gasteiger partial charge in [0.1, 0.15) is 17.3 Å². The van der Waals surface area contributed by atoms with Gasteiger partial charge in [0.05, 0.1) is 5.56 Å². The van der Waals surface area contributed by atoms with Gasteiger partial charge in [0.2, 0.25) is 0 Å². The molecule has 2 aromatic rings. The molecule has 0 heterocycles. The first-order valence-corrected chi connectivity index (χ1v) is 4.89. The normalized spacial score (nSPS) is 10.0. The molecule has 0 aliphatic carbocycles. The molecule has 0 N–H and O–H groups in total. The Kier molecular flexibility index (Phi) is 3.14. The molecule has 0 saturated carbocycles. The maximum Gasteiger partial charge on any atom is 0.335 e. The van der Waals surface area contributed by atoms with Crippen molar-refractivity contribution in [3.63, 3.8) is 0 Å². The number of hydrogen-bond acceptors (Lipinski definition) is 2. The molecule has 0 aliphatic rings. The Hall–Kier alpha value is -2.23. The number of carbonyl (C=O) groups excluding carboxylic acids is 1. The lowest BCUT2D eigenvalue weighted by molar-refractivity contribution is 0.0833. The molecule has 2 nitrogen and oxygen atoms in total. The third-order valence-electron chi connectivity index (χ3n) is 2.14. The highest BCUT2D eigenvalue weighted by Gasteiger charge is 2.11. The third-order valence-corrected chi connectivity index (χ3v) is 2.14. The second-order valence-electron chi connectivity index (χ2n) is 3.33. The van der Waals surface area contributed by atoms with Crippen molar-refractivity contribution in [2.75, 3.05) is 0 Å². The fourth-order valence-corrected chi connectivity index (χ4v) is 1.35. The van der Waals surface area contributed by atoms with Gasteiger partial charge >= 0.3 is 6.04 Å². The van der Waals surface area contributed by atoms with Gasteiger partial charge in [-0.25, -0.2) is 4.39 Å². The monoisotopic (exact) mass is 234 g/mol. The lowest BCUT2D eigenvalue weighted by Crippen LogP contribution is -1.95. The fraction of sp³-hybridized carbons (Fsp3) is 0. The molecule has 0 aromatic heterocycles. The summed E-state index contributed by atoms with van der Waals surface area (Å²) in [6.07, 6.45) is 0. The van der Waals surface area contributed by atoms with Crippen molar-refractivity contribution in [2.45, 2.75) is 0 Å². The van der Waals surface area contributed by atoms with Gasteiger partial charge in [-0.2, -0.15) is 4.39 Å². The van der Waals surface area contributed by atoms with Crippen LogP contribution in [0.5, 0.6) is 11.5 Å². The molecule has 0 bridgehead atoms. The maximum atomic E-state index is 12.7. The molecule has 0 radical (unpaired) electrons. The summed E-state index contributed by atoms with van der Waals surface area (Å²) in [5.41, 5.74) is -0.156. The van der Waals surface area contributed by atoms with Crippen LogP contribution >= 0.6 is 0 Å². The summed E-state index contributed by atoms with van der Waals surface area (Å²) in [6.45, 7) is 0. The minimum atomic E-state index is -1.57. The van der Waals surface area contributed by atoms with E-state index in [0.29, 0.717) is 5.75 Å². The van der Waals surface area contributed by atoms with E-state index in [1.54, 1.807) is 6.07 Å². The van der Waals surface area contributed by atoms with Crippen molar-refractivity contribution >= 4 is 6.04 Å². The average Bonchev–Trinajstić information content (AvgIpc) is 2.32. The molecule has 0 spiro atoms. The predicted molar refractivity (Wildman–Crippen MR) is 58.4 cm³/mol. The van der Waals surface area contributed by atoms with Gasteiger partial charge in [-0.15, -0.1) is 0 Å². The molecule has 0 amide bonds. The molecule has 0 aliphatic heterocycles. The van der Waals surface area contributed by atoms with E-state index in [1.165, 1.54) is 42.5 Å². The number of benzene rings is 2. The molecular weight excluding hydrogens is 226 g/mol. The van der Waals surface area contributed by atoms with Gasteiger partial charge in [0, 0.05) is 0 Å². The van der Waals surface area contributed by atoms with Crippen LogP contribution in [0.1, 0.15) is 10.4 Å². The molecule has 0 unspecified atom stereocenters. The van der Waals surface area contributed by atoms with Gasteiger partial charge in [-0.3, -0.25) is 4.79 Å². The number of halogens is 2. The minimum Gasteiger partial charge on any atom is -0.457 e. The Balaban J connectivity index is 2.30. The zero-order valence-electron chi connectivity index (χ0n) is 8.69. The SMILES string of the molecule is O=C(F)c1ccccc1Oc1ccc(F)cc1. The molecule has 0 fully saturated rings. The Bertz CT molecular complexity index is 535. The lowest BCUT2D eigenvalue weighted by Gasteiger charge is -2.07. The number of ether oxygens (including phenoxy) is 1. The van der Waals surface area contributed by atoms with E-state index in [0.717, 1.165) is 0 Å². The van der Waals surface area contributed by atoms with Gasteiger partial charge < -0.3 is 4.74 Å². The second-order valence-corrected chi connectivity index (χ2v) is 3.33. The highest BCUT2D eigenvalue weighted by Crippen LogP contribution is 2.25. The highest BCUT2D eigenvalue weighted by molar-refractivity contribution is 5.91. The first-order chi connectivity index (χ1) is 8.16. The summed E-state index contributed by atoms with van der Waals surface area (Å²) >= 11 is 0. The van der Waals surface area contributed by atoms with Crippen molar-refractivity contribution < 1.29 is 18.3 Å². The maximum absolute atomic E-state index is 12.7. The smallest absolute Gasteiger partial charge is 0.335 e. The van der Waals surface area contributed by atoms with Crippen molar-refractivity contribution in [3.05, 3.63) is 59.9 Å². The Morgan fingerprint density at radius 2 is 1.65 bits per heavy atom. The van der Waals surface area contributed by atoms with Crippen LogP contribution in [0.4, 0.5) is 8.78 Å². The van der Waals surface area contributed by atoms with Crippen molar-refractivity contribution in [1.82, 2.24) is 0 Å². The van der Waals surface area contributed by atoms with E-state index >= 15 is 0 Å². The van der Waals surface area contributed by atoms with Crippen LogP contribution < -0.4 is 4.74 Å². The quantitative estimate of drug-likeness (QED) is 0.756. The average molecular weight is 234 g/mol. The lowest BCUT2D eigenvalue weighted by atomic mass is 10.2. The molecule has 17 heavy (non-hydrogen) atoms. The third kappa shape index (κ3) is 2.66. The number of hydrogen-bond donors (Lipinski definition) is 0. The van der Waals surface area contributed by atoms with Gasteiger partial charge in [-0.05, 0) is 36.4 Å². The minimum absolute atomic E-state index is 0.103. The fourth-order valence-electron chi connectivity index (χ4n) is 1.35. The number of carbonyl (C=O) groups is 1. The van der Waals surface area contributed by atoms with Gasteiger partial charge in [0.15, 0.2) is 0 Å². The van der Waals surface area contributed by atoms with Crippen LogP contribution in [0, 0.1) is 5.82 Å². The van der Waals surface area contributed by atoms with Crippen LogP contribution in [0.25, 0.3) is 0 Å². The predicted octanol–water partition coefficient (Wildman–Crippen LogP) is 3.73. The van der Waals surface area contributed by atoms with Crippen LogP contribution in [0.15, 0.2) is 48.5 Å². The summed E-state index contributed by atoms with van der Waals surface area (Å²) in [7, 11) is 0. The van der Waals surface area contributed by atoms with Gasteiger partial charge in [0.25, 0.3) is 0 Å². The Labute approximate surface area is 96.5 Å². The highest BCUT2D eigenvalue weighted by atomic mass is 19.1. The first kappa shape index (κ1) is 11.3. The molecule has 86 valence electrons. The van der Waals surface area contributed by atoms with Crippen LogP contribution in [0.3, 0.4) is 0 Å². The Morgan fingerprint density at radius 3 is 2.29 bits per heavy atom. The van der Waals surface area contributed by atoms with E-state index in [-0.39, 0.29) is 11.3 Å². The van der Waals surface area contributed by atoms with E-state index in [4.69, 9.17) is 4.74 Å². The zero-order valence-corrected chi connectivity index (χ0v) is 8.69. The topological polar surface area (TPSA) is 26.3 Å². The first-order valence-electron chi connectivity index (χ1n) is 4.89. The zero-order chi connectivity index (χ0) is 12.3. The van der Waals surface area contributed by atoms with E-state index < -0.39 is 11.9 Å². The van der Waals surface area contributed by atoms with E-state index in [9.17, 15) is 13.6 Å². The van der Waals surface area contributed by atoms with Crippen molar-refractivity contribution in [2.24, 2.45) is 0 Å². The standard InChI is InChI=1S/C13H8F2O2/c14-9-5-7-10(8-6-9)17-12-4-2-1-3-11(12)13(15)16/h1-8H. The molecular formula is C13H8F2O2. The largest absolute Gasteiger partial charge is 0.457 e. The molecule has 4 heteroatoms. The van der Waals surface area contributed by atoms with Crippen molar-refractivity contribution in [3.8, 4) is 11.5 Å². The molecule has 0 saturated heterocycles. The van der Waals surface area contributed by atoms with E-state index in [1.807, 2.05) is 0 Å². The summed E-state index contributed by atoms with van der Waals surface area (Å²) in [5, 5.41) is 0. The summed E-state index contributed by atoms with van der Waals surface area (Å²) in [6, 6.07) is 9.60. The molecule has 2 rings (SSSR count). The number of para-hydroxylation sites is 1. The second kappa shape index (κ2) is 4.74. The molecule has 2 aromatic carbocycles. The van der Waals surface area contributed by atoms with Crippen molar-refractivity contribution in [1.29, 1.82) is 0 Å². The van der Waals surface area contributed by atoms with E-state index in [2.05, 4.69) is 0 Å².